The van der Waals surface area contributed by atoms with Gasteiger partial charge in [-0.15, -0.1) is 0 Å². The van der Waals surface area contributed by atoms with Crippen molar-refractivity contribution >= 4 is 29.7 Å². The van der Waals surface area contributed by atoms with E-state index in [2.05, 4.69) is 16.0 Å². The van der Waals surface area contributed by atoms with Crippen LogP contribution in [0.15, 0.2) is 0 Å². The minimum atomic E-state index is -1.07. The Hall–Kier alpha value is -1.44. The van der Waals surface area contributed by atoms with Crippen molar-refractivity contribution in [1.82, 2.24) is 16.0 Å². The summed E-state index contributed by atoms with van der Waals surface area (Å²) in [7, 11) is 1.52. The Morgan fingerprint density at radius 2 is 1.90 bits per heavy atom. The highest BCUT2D eigenvalue weighted by molar-refractivity contribution is 7.98. The van der Waals surface area contributed by atoms with E-state index in [0.717, 1.165) is 0 Å². The van der Waals surface area contributed by atoms with Gasteiger partial charge >= 0.3 is 12.0 Å². The molecule has 0 aliphatic carbocycles. The molecule has 116 valence electrons. The van der Waals surface area contributed by atoms with Crippen molar-refractivity contribution < 1.29 is 19.5 Å². The van der Waals surface area contributed by atoms with Gasteiger partial charge in [-0.25, -0.2) is 9.59 Å². The van der Waals surface area contributed by atoms with Crippen LogP contribution in [0.4, 0.5) is 4.79 Å². The number of carbonyl (C=O) groups is 3. The van der Waals surface area contributed by atoms with E-state index in [4.69, 9.17) is 5.11 Å². The molecule has 0 aromatic carbocycles. The quantitative estimate of drug-likeness (QED) is 0.515. The molecular formula is C12H23N3O4S. The lowest BCUT2D eigenvalue weighted by Gasteiger charge is -2.23. The molecule has 0 saturated carbocycles. The van der Waals surface area contributed by atoms with E-state index in [1.807, 2.05) is 6.26 Å². The van der Waals surface area contributed by atoms with E-state index in [0.29, 0.717) is 12.2 Å². The molecule has 20 heavy (non-hydrogen) atoms. The van der Waals surface area contributed by atoms with E-state index in [1.165, 1.54) is 18.8 Å². The van der Waals surface area contributed by atoms with Gasteiger partial charge in [0.05, 0.1) is 5.41 Å². The van der Waals surface area contributed by atoms with Gasteiger partial charge in [0, 0.05) is 13.6 Å². The summed E-state index contributed by atoms with van der Waals surface area (Å²) < 4.78 is 0. The van der Waals surface area contributed by atoms with Crippen LogP contribution >= 0.6 is 11.8 Å². The molecule has 0 spiro atoms. The van der Waals surface area contributed by atoms with Crippen LogP contribution in [0.5, 0.6) is 0 Å². The lowest BCUT2D eigenvalue weighted by atomic mass is 9.92. The third-order valence-electron chi connectivity index (χ3n) is 2.75. The summed E-state index contributed by atoms with van der Waals surface area (Å²) in [5.74, 6) is -0.629. The molecule has 0 aromatic rings. The first kappa shape index (κ1) is 18.6. The zero-order valence-electron chi connectivity index (χ0n) is 12.3. The number of nitrogens with one attached hydrogen (secondary N) is 3. The SMILES string of the molecule is CNC(=O)C(C)(C)CNC(=O)N[C@H](CCSC)C(=O)O. The second kappa shape index (κ2) is 8.68. The molecule has 0 aliphatic heterocycles. The third kappa shape index (κ3) is 6.65. The lowest BCUT2D eigenvalue weighted by Crippen LogP contribution is -2.50. The normalized spacial score (nSPS) is 12.4. The van der Waals surface area contributed by atoms with Crippen molar-refractivity contribution in [3.05, 3.63) is 0 Å². The van der Waals surface area contributed by atoms with Gasteiger partial charge in [0.1, 0.15) is 6.04 Å². The van der Waals surface area contributed by atoms with Gasteiger partial charge in [-0.1, -0.05) is 0 Å². The summed E-state index contributed by atoms with van der Waals surface area (Å²) >= 11 is 1.51. The monoisotopic (exact) mass is 305 g/mol. The van der Waals surface area contributed by atoms with E-state index in [-0.39, 0.29) is 12.5 Å². The molecule has 0 saturated heterocycles. The maximum absolute atomic E-state index is 11.7. The standard InChI is InChI=1S/C12H23N3O4S/c1-12(2,10(18)13-3)7-14-11(19)15-8(9(16)17)5-6-20-4/h8H,5-7H2,1-4H3,(H,13,18)(H,16,17)(H2,14,15,19)/t8-/m1/s1. The number of hydrogen-bond donors (Lipinski definition) is 4. The van der Waals surface area contributed by atoms with Crippen LogP contribution in [0.3, 0.4) is 0 Å². The first-order valence-corrected chi connectivity index (χ1v) is 7.62. The molecule has 3 amide bonds. The van der Waals surface area contributed by atoms with E-state index < -0.39 is 23.5 Å². The Labute approximate surface area is 123 Å². The van der Waals surface area contributed by atoms with Crippen LogP contribution in [0.1, 0.15) is 20.3 Å². The zero-order valence-corrected chi connectivity index (χ0v) is 13.1. The summed E-state index contributed by atoms with van der Waals surface area (Å²) in [6.45, 7) is 3.50. The van der Waals surface area contributed by atoms with Gasteiger partial charge < -0.3 is 21.1 Å². The van der Waals surface area contributed by atoms with Gasteiger partial charge in [-0.05, 0) is 32.3 Å². The van der Waals surface area contributed by atoms with Crippen LogP contribution < -0.4 is 16.0 Å². The predicted molar refractivity (Wildman–Crippen MR) is 78.8 cm³/mol. The Kier molecular flexibility index (Phi) is 8.05. The Morgan fingerprint density at radius 3 is 2.35 bits per heavy atom. The largest absolute Gasteiger partial charge is 0.480 e. The minimum absolute atomic E-state index is 0.118. The first-order chi connectivity index (χ1) is 9.24. The van der Waals surface area contributed by atoms with Crippen molar-refractivity contribution in [2.24, 2.45) is 5.41 Å². The summed E-state index contributed by atoms with van der Waals surface area (Å²) in [5.41, 5.74) is -0.760. The predicted octanol–water partition coefficient (Wildman–Crippen LogP) is 0.264. The molecule has 0 unspecified atom stereocenters. The Bertz CT molecular complexity index is 361. The fraction of sp³-hybridized carbons (Fsp3) is 0.750. The Morgan fingerprint density at radius 1 is 1.30 bits per heavy atom. The Balaban J connectivity index is 4.33. The molecule has 0 heterocycles. The number of hydrogen-bond acceptors (Lipinski definition) is 4. The molecule has 0 rings (SSSR count). The summed E-state index contributed by atoms with van der Waals surface area (Å²) in [5, 5.41) is 16.4. The molecule has 0 aliphatic rings. The topological polar surface area (TPSA) is 108 Å². The number of amides is 3. The van der Waals surface area contributed by atoms with Crippen molar-refractivity contribution in [3.63, 3.8) is 0 Å². The van der Waals surface area contributed by atoms with Gasteiger partial charge in [-0.3, -0.25) is 4.79 Å². The maximum atomic E-state index is 11.7. The van der Waals surface area contributed by atoms with Crippen LogP contribution in [-0.4, -0.2) is 54.7 Å². The molecule has 7 nitrogen and oxygen atoms in total. The molecule has 0 bridgehead atoms. The van der Waals surface area contributed by atoms with Gasteiger partial charge in [-0.2, -0.15) is 11.8 Å². The number of thioether (sulfide) groups is 1. The summed E-state index contributed by atoms with van der Waals surface area (Å²) in [6.07, 6.45) is 2.22. The van der Waals surface area contributed by atoms with Crippen molar-refractivity contribution in [3.8, 4) is 0 Å². The number of carboxylic acid groups (broad SMARTS) is 1. The first-order valence-electron chi connectivity index (χ1n) is 6.23. The van der Waals surface area contributed by atoms with E-state index >= 15 is 0 Å². The number of rotatable bonds is 8. The van der Waals surface area contributed by atoms with Crippen LogP contribution in [-0.2, 0) is 9.59 Å². The molecule has 0 aromatic heterocycles. The molecule has 0 fully saturated rings. The maximum Gasteiger partial charge on any atom is 0.326 e. The highest BCUT2D eigenvalue weighted by Crippen LogP contribution is 2.12. The number of carboxylic acids is 1. The van der Waals surface area contributed by atoms with Crippen molar-refractivity contribution in [1.29, 1.82) is 0 Å². The number of aliphatic carboxylic acids is 1. The van der Waals surface area contributed by atoms with Crippen LogP contribution in [0.2, 0.25) is 0 Å². The molecule has 1 atom stereocenters. The second-order valence-corrected chi connectivity index (χ2v) is 5.95. The lowest BCUT2D eigenvalue weighted by molar-refractivity contribution is -0.139. The summed E-state index contributed by atoms with van der Waals surface area (Å²) in [4.78, 5) is 34.2. The van der Waals surface area contributed by atoms with Crippen LogP contribution in [0, 0.1) is 5.41 Å². The van der Waals surface area contributed by atoms with Gasteiger partial charge in [0.25, 0.3) is 0 Å². The average Bonchev–Trinajstić information content (AvgIpc) is 2.39. The van der Waals surface area contributed by atoms with Crippen molar-refractivity contribution in [2.45, 2.75) is 26.3 Å². The van der Waals surface area contributed by atoms with Gasteiger partial charge in [0.2, 0.25) is 5.91 Å². The molecule has 0 radical (unpaired) electrons. The van der Waals surface area contributed by atoms with E-state index in [1.54, 1.807) is 13.8 Å². The summed E-state index contributed by atoms with van der Waals surface area (Å²) in [6, 6.07) is -1.51. The van der Waals surface area contributed by atoms with E-state index in [9.17, 15) is 14.4 Å². The van der Waals surface area contributed by atoms with Crippen molar-refractivity contribution in [2.75, 3.05) is 25.6 Å². The minimum Gasteiger partial charge on any atom is -0.480 e. The molecule has 8 heteroatoms. The highest BCUT2D eigenvalue weighted by Gasteiger charge is 2.27. The highest BCUT2D eigenvalue weighted by atomic mass is 32.2. The number of carbonyl (C=O) groups excluding carboxylic acids is 2. The third-order valence-corrected chi connectivity index (χ3v) is 3.39. The molecular weight excluding hydrogens is 282 g/mol. The fourth-order valence-corrected chi connectivity index (χ4v) is 1.89. The van der Waals surface area contributed by atoms with Crippen LogP contribution in [0.25, 0.3) is 0 Å². The molecule has 4 N–H and O–H groups in total. The number of urea groups is 1. The fourth-order valence-electron chi connectivity index (χ4n) is 1.42. The zero-order chi connectivity index (χ0) is 15.8. The smallest absolute Gasteiger partial charge is 0.326 e. The van der Waals surface area contributed by atoms with Gasteiger partial charge in [0.15, 0.2) is 0 Å². The average molecular weight is 305 g/mol. The second-order valence-electron chi connectivity index (χ2n) is 4.96.